The highest BCUT2D eigenvalue weighted by Crippen LogP contribution is 2.24. The zero-order valence-corrected chi connectivity index (χ0v) is 13.0. The Morgan fingerprint density at radius 2 is 2.21 bits per heavy atom. The molecule has 0 N–H and O–H groups in total. The molecule has 0 bridgehead atoms. The largest absolute Gasteiger partial charge is 0.377 e. The van der Waals surface area contributed by atoms with Crippen LogP contribution < -0.4 is 0 Å². The quantitative estimate of drug-likeness (QED) is 0.768. The molecule has 0 radical (unpaired) electrons. The SMILES string of the molecule is CC(C)OCCN(C)Cc1nc(Cl)c2ccsc2n1. The summed E-state index contributed by atoms with van der Waals surface area (Å²) in [6, 6.07) is 1.95. The topological polar surface area (TPSA) is 38.2 Å². The number of rotatable bonds is 6. The molecule has 19 heavy (non-hydrogen) atoms. The van der Waals surface area contributed by atoms with Gasteiger partial charge in [0.1, 0.15) is 15.8 Å². The number of nitrogens with zero attached hydrogens (tertiary/aromatic N) is 3. The van der Waals surface area contributed by atoms with E-state index in [0.717, 1.165) is 22.6 Å². The summed E-state index contributed by atoms with van der Waals surface area (Å²) in [6.45, 7) is 6.31. The van der Waals surface area contributed by atoms with Crippen molar-refractivity contribution < 1.29 is 4.74 Å². The van der Waals surface area contributed by atoms with E-state index in [4.69, 9.17) is 16.3 Å². The highest BCUT2D eigenvalue weighted by Gasteiger charge is 2.09. The van der Waals surface area contributed by atoms with Crippen LogP contribution in [-0.4, -0.2) is 41.2 Å². The summed E-state index contributed by atoms with van der Waals surface area (Å²) in [4.78, 5) is 11.9. The molecule has 104 valence electrons. The minimum Gasteiger partial charge on any atom is -0.377 e. The lowest BCUT2D eigenvalue weighted by Gasteiger charge is -2.16. The molecule has 2 rings (SSSR count). The summed E-state index contributed by atoms with van der Waals surface area (Å²) >= 11 is 7.73. The van der Waals surface area contributed by atoms with Crippen molar-refractivity contribution in [3.05, 3.63) is 22.4 Å². The number of ether oxygens (including phenoxy) is 1. The van der Waals surface area contributed by atoms with Crippen LogP contribution in [0.15, 0.2) is 11.4 Å². The predicted octanol–water partition coefficient (Wildman–Crippen LogP) is 3.20. The van der Waals surface area contributed by atoms with Gasteiger partial charge in [-0.05, 0) is 32.3 Å². The number of fused-ring (bicyclic) bond motifs is 1. The molecule has 0 fully saturated rings. The molecule has 6 heteroatoms. The van der Waals surface area contributed by atoms with Crippen molar-refractivity contribution in [1.29, 1.82) is 0 Å². The van der Waals surface area contributed by atoms with E-state index in [9.17, 15) is 0 Å². The fourth-order valence-electron chi connectivity index (χ4n) is 1.70. The fraction of sp³-hybridized carbons (Fsp3) is 0.538. The maximum absolute atomic E-state index is 6.15. The van der Waals surface area contributed by atoms with E-state index in [1.807, 2.05) is 32.3 Å². The van der Waals surface area contributed by atoms with E-state index < -0.39 is 0 Å². The molecule has 2 aromatic heterocycles. The van der Waals surface area contributed by atoms with Gasteiger partial charge in [0.05, 0.1) is 19.3 Å². The van der Waals surface area contributed by atoms with Gasteiger partial charge in [-0.3, -0.25) is 4.90 Å². The second-order valence-electron chi connectivity index (χ2n) is 4.73. The Kier molecular flexibility index (Phi) is 5.10. The molecule has 4 nitrogen and oxygen atoms in total. The first-order chi connectivity index (χ1) is 9.06. The molecule has 0 atom stereocenters. The summed E-state index contributed by atoms with van der Waals surface area (Å²) in [5.74, 6) is 0.756. The zero-order chi connectivity index (χ0) is 13.8. The zero-order valence-electron chi connectivity index (χ0n) is 11.4. The fourth-order valence-corrected chi connectivity index (χ4v) is 2.78. The van der Waals surface area contributed by atoms with Crippen LogP contribution in [0.2, 0.25) is 5.15 Å². The standard InChI is InChI=1S/C13H18ClN3OS/c1-9(2)18-6-5-17(3)8-11-15-12(14)10-4-7-19-13(10)16-11/h4,7,9H,5-6,8H2,1-3H3. The Hall–Kier alpha value is -0.750. The molecule has 0 aliphatic carbocycles. The van der Waals surface area contributed by atoms with Crippen LogP contribution in [0.1, 0.15) is 19.7 Å². The Balaban J connectivity index is 1.96. The van der Waals surface area contributed by atoms with Gasteiger partial charge in [0, 0.05) is 11.9 Å². The number of hydrogen-bond acceptors (Lipinski definition) is 5. The molecule has 0 aliphatic rings. The lowest BCUT2D eigenvalue weighted by Crippen LogP contribution is -2.25. The molecule has 0 saturated heterocycles. The first-order valence-electron chi connectivity index (χ1n) is 6.26. The highest BCUT2D eigenvalue weighted by molar-refractivity contribution is 7.16. The van der Waals surface area contributed by atoms with Gasteiger partial charge in [-0.25, -0.2) is 9.97 Å². The Labute approximate surface area is 122 Å². The average molecular weight is 300 g/mol. The maximum atomic E-state index is 6.15. The second kappa shape index (κ2) is 6.61. The van der Waals surface area contributed by atoms with Crippen LogP contribution >= 0.6 is 22.9 Å². The van der Waals surface area contributed by atoms with Gasteiger partial charge in [-0.15, -0.1) is 11.3 Å². The summed E-state index contributed by atoms with van der Waals surface area (Å²) in [5.41, 5.74) is 0. The Bertz CT molecular complexity index is 544. The van der Waals surface area contributed by atoms with Gasteiger partial charge in [0.15, 0.2) is 0 Å². The van der Waals surface area contributed by atoms with Crippen molar-refractivity contribution in [3.8, 4) is 0 Å². The molecular formula is C13H18ClN3OS. The molecule has 0 aliphatic heterocycles. The van der Waals surface area contributed by atoms with Crippen LogP contribution in [0.5, 0.6) is 0 Å². The number of halogens is 1. The van der Waals surface area contributed by atoms with E-state index >= 15 is 0 Å². The maximum Gasteiger partial charge on any atom is 0.145 e. The number of aromatic nitrogens is 2. The summed E-state index contributed by atoms with van der Waals surface area (Å²) in [6.07, 6.45) is 0.265. The van der Waals surface area contributed by atoms with Gasteiger partial charge in [-0.2, -0.15) is 0 Å². The average Bonchev–Trinajstić information content (AvgIpc) is 2.76. The Morgan fingerprint density at radius 1 is 1.42 bits per heavy atom. The van der Waals surface area contributed by atoms with E-state index in [1.165, 1.54) is 0 Å². The van der Waals surface area contributed by atoms with Crippen molar-refractivity contribution in [2.75, 3.05) is 20.2 Å². The predicted molar refractivity (Wildman–Crippen MR) is 79.8 cm³/mol. The first kappa shape index (κ1) is 14.7. The molecular weight excluding hydrogens is 282 g/mol. The smallest absolute Gasteiger partial charge is 0.145 e. The monoisotopic (exact) mass is 299 g/mol. The third-order valence-corrected chi connectivity index (χ3v) is 3.76. The normalized spacial score (nSPS) is 11.9. The molecule has 0 aromatic carbocycles. The second-order valence-corrected chi connectivity index (χ2v) is 5.98. The number of likely N-dealkylation sites (N-methyl/N-ethyl adjacent to an activating group) is 1. The van der Waals surface area contributed by atoms with E-state index in [0.29, 0.717) is 18.3 Å². The van der Waals surface area contributed by atoms with E-state index in [1.54, 1.807) is 11.3 Å². The summed E-state index contributed by atoms with van der Waals surface area (Å²) in [7, 11) is 2.03. The molecule has 0 unspecified atom stereocenters. The molecule has 0 amide bonds. The number of hydrogen-bond donors (Lipinski definition) is 0. The van der Waals surface area contributed by atoms with Crippen molar-refractivity contribution in [1.82, 2.24) is 14.9 Å². The van der Waals surface area contributed by atoms with Crippen LogP contribution in [0.4, 0.5) is 0 Å². The van der Waals surface area contributed by atoms with Crippen LogP contribution in [0, 0.1) is 0 Å². The van der Waals surface area contributed by atoms with E-state index in [-0.39, 0.29) is 6.10 Å². The summed E-state index contributed by atoms with van der Waals surface area (Å²) in [5, 5.41) is 3.45. The van der Waals surface area contributed by atoms with Gasteiger partial charge in [0.25, 0.3) is 0 Å². The van der Waals surface area contributed by atoms with Crippen LogP contribution in [0.3, 0.4) is 0 Å². The van der Waals surface area contributed by atoms with Crippen LogP contribution in [0.25, 0.3) is 10.2 Å². The van der Waals surface area contributed by atoms with Gasteiger partial charge >= 0.3 is 0 Å². The molecule has 0 saturated carbocycles. The van der Waals surface area contributed by atoms with Gasteiger partial charge in [-0.1, -0.05) is 11.6 Å². The highest BCUT2D eigenvalue weighted by atomic mass is 35.5. The third kappa shape index (κ3) is 4.11. The lowest BCUT2D eigenvalue weighted by atomic mass is 10.4. The minimum absolute atomic E-state index is 0.265. The molecule has 0 spiro atoms. The molecule has 2 aromatic rings. The van der Waals surface area contributed by atoms with E-state index in [2.05, 4.69) is 14.9 Å². The molecule has 2 heterocycles. The third-order valence-electron chi connectivity index (χ3n) is 2.66. The Morgan fingerprint density at radius 3 is 2.95 bits per heavy atom. The first-order valence-corrected chi connectivity index (χ1v) is 7.52. The number of thiophene rings is 1. The summed E-state index contributed by atoms with van der Waals surface area (Å²) < 4.78 is 5.53. The lowest BCUT2D eigenvalue weighted by molar-refractivity contribution is 0.0623. The van der Waals surface area contributed by atoms with Crippen molar-refractivity contribution in [3.63, 3.8) is 0 Å². The van der Waals surface area contributed by atoms with Crippen molar-refractivity contribution in [2.24, 2.45) is 0 Å². The minimum atomic E-state index is 0.265. The van der Waals surface area contributed by atoms with Gasteiger partial charge < -0.3 is 4.74 Å². The van der Waals surface area contributed by atoms with Gasteiger partial charge in [0.2, 0.25) is 0 Å². The van der Waals surface area contributed by atoms with Crippen molar-refractivity contribution in [2.45, 2.75) is 26.5 Å². The van der Waals surface area contributed by atoms with Crippen molar-refractivity contribution >= 4 is 33.2 Å². The van der Waals surface area contributed by atoms with Crippen LogP contribution in [-0.2, 0) is 11.3 Å².